The van der Waals surface area contributed by atoms with E-state index in [1.807, 2.05) is 49.6 Å². The number of hydrogen-bond acceptors (Lipinski definition) is 4. The third-order valence-corrected chi connectivity index (χ3v) is 6.24. The Balaban J connectivity index is 1.84. The topological polar surface area (TPSA) is 42.0 Å². The van der Waals surface area contributed by atoms with Gasteiger partial charge in [0.25, 0.3) is 5.91 Å². The molecule has 1 N–H and O–H groups in total. The highest BCUT2D eigenvalue weighted by Gasteiger charge is 2.17. The van der Waals surface area contributed by atoms with Gasteiger partial charge >= 0.3 is 0 Å². The average molecular weight is 393 g/mol. The fraction of sp³-hybridized carbons (Fsp3) is 0.125. The summed E-state index contributed by atoms with van der Waals surface area (Å²) in [5.41, 5.74) is 2.63. The summed E-state index contributed by atoms with van der Waals surface area (Å²) in [5, 5.41) is 5.84. The Morgan fingerprint density at radius 1 is 1.27 bits per heavy atom. The molecule has 1 amide bonds. The monoisotopic (exact) mass is 392 g/mol. The molecule has 0 aliphatic heterocycles. The smallest absolute Gasteiger partial charge is 0.267 e. The van der Waals surface area contributed by atoms with Gasteiger partial charge in [0, 0.05) is 10.2 Å². The molecule has 0 bridgehead atoms. The first kappa shape index (κ1) is 15.4. The van der Waals surface area contributed by atoms with Gasteiger partial charge in [0.1, 0.15) is 9.88 Å². The molecule has 3 nitrogen and oxygen atoms in total. The highest BCUT2D eigenvalue weighted by molar-refractivity contribution is 9.10. The minimum Gasteiger partial charge on any atom is -0.321 e. The molecule has 3 rings (SSSR count). The van der Waals surface area contributed by atoms with Crippen LogP contribution in [-0.2, 0) is 0 Å². The first-order valence-electron chi connectivity index (χ1n) is 6.63. The third kappa shape index (κ3) is 3.14. The van der Waals surface area contributed by atoms with Crippen molar-refractivity contribution in [3.8, 4) is 9.88 Å². The lowest BCUT2D eigenvalue weighted by molar-refractivity contribution is 0.103. The molecule has 2 heterocycles. The van der Waals surface area contributed by atoms with Crippen molar-refractivity contribution >= 4 is 50.2 Å². The Morgan fingerprint density at radius 3 is 2.77 bits per heavy atom. The van der Waals surface area contributed by atoms with Crippen molar-refractivity contribution in [1.29, 1.82) is 0 Å². The standard InChI is InChI=1S/C16H13BrN2OS2/c1-9-8-11(5-6-12(9)17)19-15(20)14-10(2)18-16(22-14)13-4-3-7-21-13/h3-8H,1-2H3,(H,19,20). The first-order chi connectivity index (χ1) is 10.5. The lowest BCUT2D eigenvalue weighted by Crippen LogP contribution is -2.11. The predicted octanol–water partition coefficient (Wildman–Crippen LogP) is 5.50. The van der Waals surface area contributed by atoms with Gasteiger partial charge in [-0.1, -0.05) is 22.0 Å². The number of hydrogen-bond donors (Lipinski definition) is 1. The lowest BCUT2D eigenvalue weighted by Gasteiger charge is -2.06. The largest absolute Gasteiger partial charge is 0.321 e. The van der Waals surface area contributed by atoms with Gasteiger partial charge in [0.05, 0.1) is 10.6 Å². The molecule has 0 atom stereocenters. The molecule has 3 aromatic rings. The summed E-state index contributed by atoms with van der Waals surface area (Å²) in [4.78, 5) is 18.7. The molecule has 0 saturated heterocycles. The van der Waals surface area contributed by atoms with Gasteiger partial charge < -0.3 is 5.32 Å². The number of thiophene rings is 1. The van der Waals surface area contributed by atoms with Crippen LogP contribution >= 0.6 is 38.6 Å². The van der Waals surface area contributed by atoms with Crippen LogP contribution in [0.15, 0.2) is 40.2 Å². The number of halogens is 1. The maximum absolute atomic E-state index is 12.5. The van der Waals surface area contributed by atoms with Crippen LogP contribution in [0, 0.1) is 13.8 Å². The molecule has 0 radical (unpaired) electrons. The molecule has 2 aromatic heterocycles. The van der Waals surface area contributed by atoms with Crippen LogP contribution < -0.4 is 5.32 Å². The van der Waals surface area contributed by atoms with Gasteiger partial charge in [-0.05, 0) is 49.1 Å². The van der Waals surface area contributed by atoms with E-state index in [9.17, 15) is 4.79 Å². The number of rotatable bonds is 3. The summed E-state index contributed by atoms with van der Waals surface area (Å²) in [6.45, 7) is 3.86. The van der Waals surface area contributed by atoms with Crippen LogP contribution in [0.2, 0.25) is 0 Å². The molecular weight excluding hydrogens is 380 g/mol. The second kappa shape index (κ2) is 6.32. The van der Waals surface area contributed by atoms with Crippen LogP contribution in [0.1, 0.15) is 20.9 Å². The number of thiazole rings is 1. The number of nitrogens with one attached hydrogen (secondary N) is 1. The van der Waals surface area contributed by atoms with Crippen molar-refractivity contribution in [3.05, 3.63) is 56.3 Å². The number of aromatic nitrogens is 1. The van der Waals surface area contributed by atoms with Gasteiger partial charge in [-0.25, -0.2) is 4.98 Å². The number of anilines is 1. The normalized spacial score (nSPS) is 10.7. The van der Waals surface area contributed by atoms with Crippen LogP contribution in [-0.4, -0.2) is 10.9 Å². The van der Waals surface area contributed by atoms with Crippen LogP contribution in [0.4, 0.5) is 5.69 Å². The average Bonchev–Trinajstić information content (AvgIpc) is 3.12. The molecule has 1 aromatic carbocycles. The maximum atomic E-state index is 12.5. The maximum Gasteiger partial charge on any atom is 0.267 e. The summed E-state index contributed by atoms with van der Waals surface area (Å²) in [6.07, 6.45) is 0. The summed E-state index contributed by atoms with van der Waals surface area (Å²) in [5.74, 6) is -0.112. The number of carbonyl (C=O) groups is 1. The molecule has 22 heavy (non-hydrogen) atoms. The van der Waals surface area contributed by atoms with E-state index in [2.05, 4.69) is 26.2 Å². The fourth-order valence-corrected chi connectivity index (χ4v) is 4.03. The number of amides is 1. The van der Waals surface area contributed by atoms with Crippen molar-refractivity contribution in [2.24, 2.45) is 0 Å². The molecule has 0 unspecified atom stereocenters. The van der Waals surface area contributed by atoms with Gasteiger partial charge in [-0.15, -0.1) is 22.7 Å². The molecule has 112 valence electrons. The van der Waals surface area contributed by atoms with Gasteiger partial charge in [-0.3, -0.25) is 4.79 Å². The van der Waals surface area contributed by atoms with Gasteiger partial charge in [0.2, 0.25) is 0 Å². The fourth-order valence-electron chi connectivity index (χ4n) is 2.02. The summed E-state index contributed by atoms with van der Waals surface area (Å²) in [6, 6.07) is 9.76. The molecular formula is C16H13BrN2OS2. The molecule has 0 fully saturated rings. The van der Waals surface area contributed by atoms with Crippen LogP contribution in [0.25, 0.3) is 9.88 Å². The minimum atomic E-state index is -0.112. The lowest BCUT2D eigenvalue weighted by atomic mass is 10.2. The van der Waals surface area contributed by atoms with Gasteiger partial charge in [0.15, 0.2) is 0 Å². The van der Waals surface area contributed by atoms with E-state index in [4.69, 9.17) is 0 Å². The Morgan fingerprint density at radius 2 is 2.09 bits per heavy atom. The van der Waals surface area contributed by atoms with Crippen molar-refractivity contribution in [3.63, 3.8) is 0 Å². The highest BCUT2D eigenvalue weighted by atomic mass is 79.9. The second-order valence-electron chi connectivity index (χ2n) is 4.83. The van der Waals surface area contributed by atoms with E-state index in [1.54, 1.807) is 11.3 Å². The zero-order valence-corrected chi connectivity index (χ0v) is 15.2. The van der Waals surface area contributed by atoms with Crippen molar-refractivity contribution in [2.45, 2.75) is 13.8 Å². The highest BCUT2D eigenvalue weighted by Crippen LogP contribution is 2.31. The molecule has 0 saturated carbocycles. The summed E-state index contributed by atoms with van der Waals surface area (Å²) >= 11 is 6.52. The predicted molar refractivity (Wildman–Crippen MR) is 97.0 cm³/mol. The molecule has 0 aliphatic carbocycles. The van der Waals surface area contributed by atoms with E-state index in [0.717, 1.165) is 31.3 Å². The Bertz CT molecular complexity index is 825. The van der Waals surface area contributed by atoms with Crippen molar-refractivity contribution < 1.29 is 4.79 Å². The zero-order valence-electron chi connectivity index (χ0n) is 12.0. The van der Waals surface area contributed by atoms with E-state index in [-0.39, 0.29) is 5.91 Å². The van der Waals surface area contributed by atoms with E-state index >= 15 is 0 Å². The number of nitrogens with zero attached hydrogens (tertiary/aromatic N) is 1. The second-order valence-corrected chi connectivity index (χ2v) is 7.63. The Labute approximate surface area is 145 Å². The van der Waals surface area contributed by atoms with E-state index in [0.29, 0.717) is 4.88 Å². The summed E-state index contributed by atoms with van der Waals surface area (Å²) in [7, 11) is 0. The van der Waals surface area contributed by atoms with Crippen LogP contribution in [0.5, 0.6) is 0 Å². The number of benzene rings is 1. The molecule has 6 heteroatoms. The number of aryl methyl sites for hydroxylation is 2. The Kier molecular flexibility index (Phi) is 4.42. The minimum absolute atomic E-state index is 0.112. The molecule has 0 aliphatic rings. The van der Waals surface area contributed by atoms with Gasteiger partial charge in [-0.2, -0.15) is 0 Å². The first-order valence-corrected chi connectivity index (χ1v) is 9.12. The third-order valence-electron chi connectivity index (χ3n) is 3.15. The quantitative estimate of drug-likeness (QED) is 0.638. The van der Waals surface area contributed by atoms with Crippen LogP contribution in [0.3, 0.4) is 0 Å². The zero-order chi connectivity index (χ0) is 15.7. The Hall–Kier alpha value is -1.50. The SMILES string of the molecule is Cc1cc(NC(=O)c2sc(-c3cccs3)nc2C)ccc1Br. The van der Waals surface area contributed by atoms with Crippen molar-refractivity contribution in [1.82, 2.24) is 4.98 Å². The van der Waals surface area contributed by atoms with E-state index < -0.39 is 0 Å². The summed E-state index contributed by atoms with van der Waals surface area (Å²) < 4.78 is 1.03. The number of carbonyl (C=O) groups excluding carboxylic acids is 1. The molecule has 0 spiro atoms. The van der Waals surface area contributed by atoms with Crippen molar-refractivity contribution in [2.75, 3.05) is 5.32 Å². The van der Waals surface area contributed by atoms with E-state index in [1.165, 1.54) is 11.3 Å².